The number of nitrogens with one attached hydrogen (secondary N) is 1. The summed E-state index contributed by atoms with van der Waals surface area (Å²) < 4.78 is 0. The predicted octanol–water partition coefficient (Wildman–Crippen LogP) is 5.05. The van der Waals surface area contributed by atoms with Gasteiger partial charge in [-0.1, -0.05) is 57.0 Å². The molecule has 0 amide bonds. The van der Waals surface area contributed by atoms with E-state index >= 15 is 0 Å². The first-order valence-electron chi connectivity index (χ1n) is 6.93. The van der Waals surface area contributed by atoms with Crippen molar-refractivity contribution in [2.45, 2.75) is 52.0 Å². The second-order valence-electron chi connectivity index (χ2n) is 6.96. The molecule has 1 nitrogen and oxygen atoms in total. The lowest BCUT2D eigenvalue weighted by Crippen LogP contribution is -2.53. The molecule has 1 aromatic rings. The average Bonchev–Trinajstić information content (AvgIpc) is 2.23. The van der Waals surface area contributed by atoms with E-state index in [9.17, 15) is 0 Å². The molecule has 0 aliphatic heterocycles. The van der Waals surface area contributed by atoms with Crippen LogP contribution in [0.1, 0.15) is 46.1 Å². The zero-order chi connectivity index (χ0) is 14.3. The third-order valence-electron chi connectivity index (χ3n) is 3.99. The van der Waals surface area contributed by atoms with Crippen LogP contribution in [-0.2, 0) is 5.41 Å². The first-order chi connectivity index (χ1) is 8.74. The van der Waals surface area contributed by atoms with E-state index in [1.54, 1.807) is 0 Å². The lowest BCUT2D eigenvalue weighted by molar-refractivity contribution is 0.0549. The van der Waals surface area contributed by atoms with Crippen LogP contribution >= 0.6 is 23.2 Å². The molecule has 106 valence electrons. The van der Waals surface area contributed by atoms with Gasteiger partial charge < -0.3 is 5.32 Å². The molecule has 1 saturated carbocycles. The van der Waals surface area contributed by atoms with Gasteiger partial charge in [0.1, 0.15) is 0 Å². The highest BCUT2D eigenvalue weighted by Crippen LogP contribution is 2.56. The minimum Gasteiger partial charge on any atom is -0.314 e. The van der Waals surface area contributed by atoms with Gasteiger partial charge in [0.25, 0.3) is 0 Å². The zero-order valence-corrected chi connectivity index (χ0v) is 13.7. The van der Waals surface area contributed by atoms with Gasteiger partial charge >= 0.3 is 0 Å². The van der Waals surface area contributed by atoms with Gasteiger partial charge in [0.2, 0.25) is 0 Å². The highest BCUT2D eigenvalue weighted by atomic mass is 35.5. The number of hydrogen-bond donors (Lipinski definition) is 1. The van der Waals surface area contributed by atoms with Crippen LogP contribution < -0.4 is 5.32 Å². The Morgan fingerprint density at radius 1 is 1.21 bits per heavy atom. The number of benzene rings is 1. The summed E-state index contributed by atoms with van der Waals surface area (Å²) in [6, 6.07) is 6.40. The Kier molecular flexibility index (Phi) is 4.21. The highest BCUT2D eigenvalue weighted by Gasteiger charge is 2.50. The summed E-state index contributed by atoms with van der Waals surface area (Å²) in [6.45, 7) is 9.99. The van der Waals surface area contributed by atoms with Gasteiger partial charge in [0.15, 0.2) is 0 Å². The SMILES string of the molecule is CC(C)NCC1(c2ccc(Cl)cc2Cl)CC(C)(C)C1. The summed E-state index contributed by atoms with van der Waals surface area (Å²) in [7, 11) is 0. The van der Waals surface area contributed by atoms with Gasteiger partial charge in [-0.2, -0.15) is 0 Å². The fourth-order valence-corrected chi connectivity index (χ4v) is 4.12. The fraction of sp³-hybridized carbons (Fsp3) is 0.625. The maximum Gasteiger partial charge on any atom is 0.0458 e. The van der Waals surface area contributed by atoms with E-state index in [-0.39, 0.29) is 5.41 Å². The summed E-state index contributed by atoms with van der Waals surface area (Å²) >= 11 is 12.4. The van der Waals surface area contributed by atoms with Crippen LogP contribution in [0.15, 0.2) is 18.2 Å². The fourth-order valence-electron chi connectivity index (χ4n) is 3.51. The summed E-state index contributed by atoms with van der Waals surface area (Å²) in [5.41, 5.74) is 1.81. The topological polar surface area (TPSA) is 12.0 Å². The van der Waals surface area contributed by atoms with E-state index in [2.05, 4.69) is 39.1 Å². The minimum atomic E-state index is 0.162. The van der Waals surface area contributed by atoms with Crippen molar-refractivity contribution < 1.29 is 0 Å². The van der Waals surface area contributed by atoms with Gasteiger partial charge in [0.05, 0.1) is 0 Å². The first-order valence-corrected chi connectivity index (χ1v) is 7.69. The summed E-state index contributed by atoms with van der Waals surface area (Å²) in [5, 5.41) is 5.08. The van der Waals surface area contributed by atoms with Crippen molar-refractivity contribution in [2.24, 2.45) is 5.41 Å². The predicted molar refractivity (Wildman–Crippen MR) is 84.3 cm³/mol. The smallest absolute Gasteiger partial charge is 0.0458 e. The average molecular weight is 300 g/mol. The Labute approximate surface area is 126 Å². The molecule has 0 bridgehead atoms. The maximum absolute atomic E-state index is 6.42. The molecule has 0 atom stereocenters. The molecule has 0 aromatic heterocycles. The van der Waals surface area contributed by atoms with Gasteiger partial charge in [0, 0.05) is 28.0 Å². The Morgan fingerprint density at radius 3 is 2.32 bits per heavy atom. The highest BCUT2D eigenvalue weighted by molar-refractivity contribution is 6.35. The third kappa shape index (κ3) is 3.26. The van der Waals surface area contributed by atoms with Crippen LogP contribution in [-0.4, -0.2) is 12.6 Å². The molecule has 1 aromatic carbocycles. The van der Waals surface area contributed by atoms with E-state index in [0.717, 1.165) is 11.6 Å². The normalized spacial score (nSPS) is 20.4. The van der Waals surface area contributed by atoms with E-state index in [4.69, 9.17) is 23.2 Å². The van der Waals surface area contributed by atoms with Crippen molar-refractivity contribution in [3.63, 3.8) is 0 Å². The molecule has 0 saturated heterocycles. The quantitative estimate of drug-likeness (QED) is 0.820. The molecule has 1 aliphatic rings. The van der Waals surface area contributed by atoms with Crippen molar-refractivity contribution in [3.05, 3.63) is 33.8 Å². The van der Waals surface area contributed by atoms with Crippen molar-refractivity contribution in [2.75, 3.05) is 6.54 Å². The molecule has 0 radical (unpaired) electrons. The van der Waals surface area contributed by atoms with Crippen molar-refractivity contribution in [1.29, 1.82) is 0 Å². The molecule has 2 rings (SSSR count). The molecule has 3 heteroatoms. The van der Waals surface area contributed by atoms with Gasteiger partial charge in [-0.3, -0.25) is 0 Å². The molecule has 1 aliphatic carbocycles. The van der Waals surface area contributed by atoms with Crippen molar-refractivity contribution in [1.82, 2.24) is 5.32 Å². The molecule has 0 heterocycles. The van der Waals surface area contributed by atoms with Crippen molar-refractivity contribution >= 4 is 23.2 Å². The standard InChI is InChI=1S/C16H23Cl2N/c1-11(2)19-10-16(8-15(3,4)9-16)13-6-5-12(17)7-14(13)18/h5-7,11,19H,8-10H2,1-4H3. The van der Waals surface area contributed by atoms with E-state index in [1.807, 2.05) is 12.1 Å². The number of halogens is 2. The van der Waals surface area contributed by atoms with Gasteiger partial charge in [-0.05, 0) is 36.0 Å². The lowest BCUT2D eigenvalue weighted by Gasteiger charge is -2.54. The van der Waals surface area contributed by atoms with Crippen LogP contribution in [0.5, 0.6) is 0 Å². The Balaban J connectivity index is 2.28. The summed E-state index contributed by atoms with van der Waals surface area (Å²) in [6.07, 6.45) is 2.34. The first kappa shape index (κ1) is 15.2. The second kappa shape index (κ2) is 5.27. The van der Waals surface area contributed by atoms with Crippen LogP contribution in [0, 0.1) is 5.41 Å². The Bertz CT molecular complexity index is 458. The molecule has 1 fully saturated rings. The van der Waals surface area contributed by atoms with Crippen LogP contribution in [0.25, 0.3) is 0 Å². The lowest BCUT2D eigenvalue weighted by atomic mass is 9.52. The van der Waals surface area contributed by atoms with Crippen molar-refractivity contribution in [3.8, 4) is 0 Å². The number of hydrogen-bond acceptors (Lipinski definition) is 1. The van der Waals surface area contributed by atoms with Gasteiger partial charge in [-0.25, -0.2) is 0 Å². The minimum absolute atomic E-state index is 0.162. The molecule has 0 unspecified atom stereocenters. The summed E-state index contributed by atoms with van der Waals surface area (Å²) in [5.74, 6) is 0. The van der Waals surface area contributed by atoms with Crippen LogP contribution in [0.4, 0.5) is 0 Å². The molecule has 0 spiro atoms. The van der Waals surface area contributed by atoms with E-state index in [0.29, 0.717) is 16.5 Å². The van der Waals surface area contributed by atoms with Gasteiger partial charge in [-0.15, -0.1) is 0 Å². The Morgan fingerprint density at radius 2 is 1.84 bits per heavy atom. The van der Waals surface area contributed by atoms with E-state index < -0.39 is 0 Å². The zero-order valence-electron chi connectivity index (χ0n) is 12.2. The number of rotatable bonds is 4. The maximum atomic E-state index is 6.42. The van der Waals surface area contributed by atoms with Crippen LogP contribution in [0.2, 0.25) is 10.0 Å². The molecular weight excluding hydrogens is 277 g/mol. The second-order valence-corrected chi connectivity index (χ2v) is 7.80. The molecule has 19 heavy (non-hydrogen) atoms. The van der Waals surface area contributed by atoms with Crippen LogP contribution in [0.3, 0.4) is 0 Å². The molecule has 1 N–H and O–H groups in total. The van der Waals surface area contributed by atoms with E-state index in [1.165, 1.54) is 18.4 Å². The third-order valence-corrected chi connectivity index (χ3v) is 4.53. The molecular formula is C16H23Cl2N. The Hall–Kier alpha value is -0.240. The summed E-state index contributed by atoms with van der Waals surface area (Å²) in [4.78, 5) is 0. The monoisotopic (exact) mass is 299 g/mol. The largest absolute Gasteiger partial charge is 0.314 e.